The molecular weight excluding hydrogens is 312 g/mol. The molecule has 0 bridgehead atoms. The quantitative estimate of drug-likeness (QED) is 0.500. The summed E-state index contributed by atoms with van der Waals surface area (Å²) >= 11 is 0. The molecule has 0 spiro atoms. The molecule has 0 aliphatic rings. The van der Waals surface area contributed by atoms with Crippen molar-refractivity contribution in [1.29, 1.82) is 0 Å². The predicted octanol–water partition coefficient (Wildman–Crippen LogP) is 3.31. The molecule has 5 nitrogen and oxygen atoms in total. The monoisotopic (exact) mass is 346 g/mol. The summed E-state index contributed by atoms with van der Waals surface area (Å²) in [5.41, 5.74) is 1.76. The Morgan fingerprint density at radius 3 is 2.20 bits per heavy atom. The second-order valence-electron chi connectivity index (χ2n) is 6.85. The molecule has 3 N–H and O–H groups in total. The summed E-state index contributed by atoms with van der Waals surface area (Å²) in [6.45, 7) is 14.0. The fourth-order valence-electron chi connectivity index (χ4n) is 2.04. The SMILES string of the molecule is CCNC(=NCc1ccc(C(=O)NC(C)CC)cc1)NC(C)C(C)C. The number of guanidine groups is 1. The highest BCUT2D eigenvalue weighted by atomic mass is 16.1. The van der Waals surface area contributed by atoms with E-state index in [-0.39, 0.29) is 11.9 Å². The van der Waals surface area contributed by atoms with Crippen LogP contribution in [0.25, 0.3) is 0 Å². The number of amides is 1. The minimum absolute atomic E-state index is 0.0230. The Kier molecular flexibility index (Phi) is 9.03. The van der Waals surface area contributed by atoms with Gasteiger partial charge in [-0.05, 0) is 50.8 Å². The van der Waals surface area contributed by atoms with Gasteiger partial charge in [-0.2, -0.15) is 0 Å². The van der Waals surface area contributed by atoms with Gasteiger partial charge in [0.25, 0.3) is 5.91 Å². The zero-order chi connectivity index (χ0) is 18.8. The molecule has 0 saturated carbocycles. The van der Waals surface area contributed by atoms with Crippen LogP contribution in [0.5, 0.6) is 0 Å². The molecule has 0 saturated heterocycles. The van der Waals surface area contributed by atoms with E-state index in [1.54, 1.807) is 0 Å². The lowest BCUT2D eigenvalue weighted by Gasteiger charge is -2.20. The molecule has 1 aromatic carbocycles. The molecule has 0 radical (unpaired) electrons. The number of carbonyl (C=O) groups is 1. The highest BCUT2D eigenvalue weighted by Crippen LogP contribution is 2.07. The van der Waals surface area contributed by atoms with Crippen molar-refractivity contribution < 1.29 is 4.79 Å². The normalized spacial score (nSPS) is 14.1. The van der Waals surface area contributed by atoms with E-state index in [0.717, 1.165) is 24.5 Å². The van der Waals surface area contributed by atoms with Gasteiger partial charge in [-0.25, -0.2) is 4.99 Å². The Hall–Kier alpha value is -2.04. The van der Waals surface area contributed by atoms with Crippen molar-refractivity contribution >= 4 is 11.9 Å². The van der Waals surface area contributed by atoms with Crippen molar-refractivity contribution in [1.82, 2.24) is 16.0 Å². The van der Waals surface area contributed by atoms with E-state index in [4.69, 9.17) is 0 Å². The van der Waals surface area contributed by atoms with Crippen LogP contribution in [0, 0.1) is 5.92 Å². The van der Waals surface area contributed by atoms with E-state index in [1.807, 2.05) is 31.2 Å². The Morgan fingerprint density at radius 1 is 1.04 bits per heavy atom. The fraction of sp³-hybridized carbons (Fsp3) is 0.600. The average Bonchev–Trinajstić information content (AvgIpc) is 2.59. The highest BCUT2D eigenvalue weighted by molar-refractivity contribution is 5.94. The largest absolute Gasteiger partial charge is 0.357 e. The topological polar surface area (TPSA) is 65.5 Å². The third-order valence-corrected chi connectivity index (χ3v) is 4.33. The molecular formula is C20H34N4O. The Morgan fingerprint density at radius 2 is 1.68 bits per heavy atom. The summed E-state index contributed by atoms with van der Waals surface area (Å²) < 4.78 is 0. The molecule has 1 amide bonds. The molecule has 1 rings (SSSR count). The maximum Gasteiger partial charge on any atom is 0.251 e. The van der Waals surface area contributed by atoms with Crippen molar-refractivity contribution in [2.75, 3.05) is 6.54 Å². The van der Waals surface area contributed by atoms with Crippen LogP contribution < -0.4 is 16.0 Å². The maximum absolute atomic E-state index is 12.1. The summed E-state index contributed by atoms with van der Waals surface area (Å²) in [7, 11) is 0. The van der Waals surface area contributed by atoms with E-state index < -0.39 is 0 Å². The highest BCUT2D eigenvalue weighted by Gasteiger charge is 2.10. The molecule has 2 unspecified atom stereocenters. The van der Waals surface area contributed by atoms with Crippen LogP contribution in [0.3, 0.4) is 0 Å². The maximum atomic E-state index is 12.1. The standard InChI is InChI=1S/C20H34N4O/c1-7-15(5)23-19(25)18-11-9-17(10-12-18)13-22-20(21-8-2)24-16(6)14(3)4/h9-12,14-16H,7-8,13H2,1-6H3,(H,23,25)(H2,21,22,24). The smallest absolute Gasteiger partial charge is 0.251 e. The van der Waals surface area contributed by atoms with E-state index in [2.05, 4.69) is 55.6 Å². The first kappa shape index (κ1) is 21.0. The molecule has 1 aromatic rings. The zero-order valence-electron chi connectivity index (χ0n) is 16.5. The van der Waals surface area contributed by atoms with Gasteiger partial charge in [0.2, 0.25) is 0 Å². The number of nitrogens with one attached hydrogen (secondary N) is 3. The number of nitrogens with zero attached hydrogens (tertiary/aromatic N) is 1. The van der Waals surface area contributed by atoms with Gasteiger partial charge < -0.3 is 16.0 Å². The number of carbonyl (C=O) groups excluding carboxylic acids is 1. The van der Waals surface area contributed by atoms with Crippen molar-refractivity contribution in [2.24, 2.45) is 10.9 Å². The lowest BCUT2D eigenvalue weighted by Crippen LogP contribution is -2.44. The molecule has 0 fully saturated rings. The van der Waals surface area contributed by atoms with E-state index >= 15 is 0 Å². The number of rotatable bonds is 8. The lowest BCUT2D eigenvalue weighted by molar-refractivity contribution is 0.0939. The molecule has 0 aliphatic carbocycles. The zero-order valence-corrected chi connectivity index (χ0v) is 16.5. The Balaban J connectivity index is 2.70. The Labute approximate surface area is 152 Å². The molecule has 25 heavy (non-hydrogen) atoms. The van der Waals surface area contributed by atoms with E-state index in [9.17, 15) is 4.79 Å². The van der Waals surface area contributed by atoms with Gasteiger partial charge in [0, 0.05) is 24.2 Å². The summed E-state index contributed by atoms with van der Waals surface area (Å²) in [5.74, 6) is 1.33. The average molecular weight is 347 g/mol. The fourth-order valence-corrected chi connectivity index (χ4v) is 2.04. The van der Waals surface area contributed by atoms with Gasteiger partial charge in [-0.15, -0.1) is 0 Å². The minimum Gasteiger partial charge on any atom is -0.357 e. The molecule has 0 aromatic heterocycles. The van der Waals surface area contributed by atoms with Gasteiger partial charge in [0.1, 0.15) is 0 Å². The summed E-state index contributed by atoms with van der Waals surface area (Å²) in [5, 5.41) is 9.67. The van der Waals surface area contributed by atoms with Gasteiger partial charge in [-0.1, -0.05) is 32.9 Å². The minimum atomic E-state index is -0.0230. The van der Waals surface area contributed by atoms with Crippen LogP contribution in [0.1, 0.15) is 63.9 Å². The lowest BCUT2D eigenvalue weighted by atomic mass is 10.1. The van der Waals surface area contributed by atoms with Gasteiger partial charge in [0.15, 0.2) is 5.96 Å². The van der Waals surface area contributed by atoms with Crippen LogP contribution in [0.2, 0.25) is 0 Å². The van der Waals surface area contributed by atoms with Crippen LogP contribution in [0.15, 0.2) is 29.3 Å². The molecule has 140 valence electrons. The van der Waals surface area contributed by atoms with Crippen molar-refractivity contribution in [3.05, 3.63) is 35.4 Å². The van der Waals surface area contributed by atoms with Crippen molar-refractivity contribution in [3.8, 4) is 0 Å². The third-order valence-electron chi connectivity index (χ3n) is 4.33. The summed E-state index contributed by atoms with van der Waals surface area (Å²) in [6, 6.07) is 8.19. The first-order valence-electron chi connectivity index (χ1n) is 9.31. The summed E-state index contributed by atoms with van der Waals surface area (Å²) in [4.78, 5) is 16.7. The van der Waals surface area contributed by atoms with Gasteiger partial charge in [0.05, 0.1) is 6.54 Å². The number of hydrogen-bond acceptors (Lipinski definition) is 2. The van der Waals surface area contributed by atoms with Gasteiger partial charge in [-0.3, -0.25) is 4.79 Å². The van der Waals surface area contributed by atoms with E-state index in [1.165, 1.54) is 0 Å². The number of aliphatic imine (C=N–C) groups is 1. The molecule has 5 heteroatoms. The van der Waals surface area contributed by atoms with Crippen molar-refractivity contribution in [3.63, 3.8) is 0 Å². The predicted molar refractivity (Wildman–Crippen MR) is 106 cm³/mol. The molecule has 0 aliphatic heterocycles. The second-order valence-corrected chi connectivity index (χ2v) is 6.85. The Bertz CT molecular complexity index is 551. The second kappa shape index (κ2) is 10.7. The van der Waals surface area contributed by atoms with Crippen LogP contribution in [-0.2, 0) is 6.54 Å². The van der Waals surface area contributed by atoms with Crippen LogP contribution >= 0.6 is 0 Å². The first-order chi connectivity index (χ1) is 11.9. The molecule has 0 heterocycles. The molecule has 2 atom stereocenters. The van der Waals surface area contributed by atoms with E-state index in [0.29, 0.717) is 24.1 Å². The van der Waals surface area contributed by atoms with Crippen LogP contribution in [-0.4, -0.2) is 30.5 Å². The van der Waals surface area contributed by atoms with Crippen LogP contribution in [0.4, 0.5) is 0 Å². The summed E-state index contributed by atoms with van der Waals surface area (Å²) in [6.07, 6.45) is 0.924. The van der Waals surface area contributed by atoms with Crippen molar-refractivity contribution in [2.45, 2.75) is 66.6 Å². The third kappa shape index (κ3) is 7.59. The van der Waals surface area contributed by atoms with Gasteiger partial charge >= 0.3 is 0 Å². The number of hydrogen-bond donors (Lipinski definition) is 3. The number of benzene rings is 1. The first-order valence-corrected chi connectivity index (χ1v) is 9.31.